The van der Waals surface area contributed by atoms with Crippen molar-refractivity contribution in [3.63, 3.8) is 0 Å². The molecule has 2 saturated heterocycles. The number of rotatable bonds is 5. The lowest BCUT2D eigenvalue weighted by Crippen LogP contribution is -2.53. The SMILES string of the molecule is C=CCN1C(=O)[C@H]2[C@@H](C1=O)[C@@]1(N[C@@H]2CCC(N)=O)C(=O)Nc2ccccc21. The highest BCUT2D eigenvalue weighted by Crippen LogP contribution is 2.53. The minimum Gasteiger partial charge on any atom is -0.370 e. The van der Waals surface area contributed by atoms with Gasteiger partial charge in [0.1, 0.15) is 5.54 Å². The molecule has 1 aromatic carbocycles. The molecule has 8 nitrogen and oxygen atoms in total. The van der Waals surface area contributed by atoms with E-state index in [9.17, 15) is 19.2 Å². The first-order valence-electron chi connectivity index (χ1n) is 8.85. The van der Waals surface area contributed by atoms with Crippen LogP contribution in [0.2, 0.25) is 0 Å². The summed E-state index contributed by atoms with van der Waals surface area (Å²) in [4.78, 5) is 51.6. The predicted octanol–water partition coefficient (Wildman–Crippen LogP) is -0.141. The lowest BCUT2D eigenvalue weighted by atomic mass is 9.76. The summed E-state index contributed by atoms with van der Waals surface area (Å²) in [6, 6.07) is 6.61. The van der Waals surface area contributed by atoms with Crippen molar-refractivity contribution < 1.29 is 19.2 Å². The maximum atomic E-state index is 13.1. The van der Waals surface area contributed by atoms with Crippen molar-refractivity contribution in [1.82, 2.24) is 10.2 Å². The van der Waals surface area contributed by atoms with Crippen LogP contribution in [0.1, 0.15) is 18.4 Å². The van der Waals surface area contributed by atoms with Crippen LogP contribution in [0.15, 0.2) is 36.9 Å². The molecule has 4 N–H and O–H groups in total. The maximum Gasteiger partial charge on any atom is 0.250 e. The fraction of sp³-hybridized carbons (Fsp3) is 0.368. The van der Waals surface area contributed by atoms with Gasteiger partial charge in [-0.15, -0.1) is 6.58 Å². The minimum atomic E-state index is -1.33. The van der Waals surface area contributed by atoms with Gasteiger partial charge in [0, 0.05) is 30.3 Å². The molecule has 3 aliphatic heterocycles. The highest BCUT2D eigenvalue weighted by molar-refractivity contribution is 6.15. The molecule has 0 aromatic heterocycles. The normalized spacial score (nSPS) is 31.2. The molecule has 0 aliphatic carbocycles. The van der Waals surface area contributed by atoms with E-state index in [-0.39, 0.29) is 31.2 Å². The Morgan fingerprint density at radius 3 is 2.70 bits per heavy atom. The van der Waals surface area contributed by atoms with Gasteiger partial charge in [0.05, 0.1) is 11.8 Å². The molecule has 0 radical (unpaired) electrons. The van der Waals surface area contributed by atoms with Gasteiger partial charge in [-0.3, -0.25) is 29.4 Å². The fourth-order valence-corrected chi connectivity index (χ4v) is 4.67. The number of amides is 4. The molecule has 0 saturated carbocycles. The number of hydrogen-bond acceptors (Lipinski definition) is 5. The standard InChI is InChI=1S/C19H20N4O4/c1-2-9-23-16(25)14-12(7-8-13(20)24)22-19(15(14)17(23)26)10-5-3-4-6-11(10)21-18(19)27/h2-6,12,14-15,22H,1,7-9H2,(H2,20,24)(H,21,27)/t12-,14-,15+,19-/m1/s1. The van der Waals surface area contributed by atoms with Crippen molar-refractivity contribution in [3.05, 3.63) is 42.5 Å². The second kappa shape index (κ2) is 6.02. The Morgan fingerprint density at radius 1 is 1.26 bits per heavy atom. The van der Waals surface area contributed by atoms with Crippen molar-refractivity contribution in [2.45, 2.75) is 24.4 Å². The lowest BCUT2D eigenvalue weighted by molar-refractivity contribution is -0.142. The summed E-state index contributed by atoms with van der Waals surface area (Å²) in [5.74, 6) is -3.20. The van der Waals surface area contributed by atoms with Crippen LogP contribution in [-0.4, -0.2) is 41.1 Å². The van der Waals surface area contributed by atoms with Crippen LogP contribution in [0.4, 0.5) is 5.69 Å². The molecule has 4 amide bonds. The van der Waals surface area contributed by atoms with Crippen molar-refractivity contribution >= 4 is 29.3 Å². The number of carbonyl (C=O) groups is 4. The van der Waals surface area contributed by atoms with Crippen molar-refractivity contribution in [1.29, 1.82) is 0 Å². The van der Waals surface area contributed by atoms with E-state index in [0.29, 0.717) is 11.3 Å². The smallest absolute Gasteiger partial charge is 0.250 e. The Balaban J connectivity index is 1.83. The maximum absolute atomic E-state index is 13.1. The Bertz CT molecular complexity index is 882. The molecular formula is C19H20N4O4. The molecule has 2 fully saturated rings. The number of nitrogens with one attached hydrogen (secondary N) is 2. The highest BCUT2D eigenvalue weighted by atomic mass is 16.2. The van der Waals surface area contributed by atoms with Crippen LogP contribution in [-0.2, 0) is 24.7 Å². The number of primary amides is 1. The fourth-order valence-electron chi connectivity index (χ4n) is 4.67. The van der Waals surface area contributed by atoms with E-state index in [4.69, 9.17) is 5.73 Å². The molecule has 3 heterocycles. The van der Waals surface area contributed by atoms with Crippen LogP contribution >= 0.6 is 0 Å². The Labute approximate surface area is 155 Å². The molecule has 0 unspecified atom stereocenters. The number of para-hydroxylation sites is 1. The van der Waals surface area contributed by atoms with Gasteiger partial charge in [0.2, 0.25) is 23.6 Å². The summed E-state index contributed by atoms with van der Waals surface area (Å²) in [6.07, 6.45) is 1.82. The molecule has 0 bridgehead atoms. The van der Waals surface area contributed by atoms with E-state index in [1.165, 1.54) is 6.08 Å². The average Bonchev–Trinajstić information content (AvgIpc) is 3.21. The highest BCUT2D eigenvalue weighted by Gasteiger charge is 2.70. The van der Waals surface area contributed by atoms with Gasteiger partial charge >= 0.3 is 0 Å². The number of imide groups is 1. The molecule has 140 valence electrons. The number of hydrogen-bond donors (Lipinski definition) is 3. The van der Waals surface area contributed by atoms with Gasteiger partial charge in [-0.05, 0) is 12.5 Å². The molecule has 4 rings (SSSR count). The molecule has 8 heteroatoms. The van der Waals surface area contributed by atoms with Crippen molar-refractivity contribution in [2.75, 3.05) is 11.9 Å². The number of nitrogens with two attached hydrogens (primary N) is 1. The third-order valence-corrected chi connectivity index (χ3v) is 5.73. The zero-order valence-corrected chi connectivity index (χ0v) is 14.6. The lowest BCUT2D eigenvalue weighted by Gasteiger charge is -2.29. The van der Waals surface area contributed by atoms with Crippen LogP contribution in [0.5, 0.6) is 0 Å². The van der Waals surface area contributed by atoms with Gasteiger partial charge in [-0.2, -0.15) is 0 Å². The van der Waals surface area contributed by atoms with E-state index in [1.807, 2.05) is 0 Å². The quantitative estimate of drug-likeness (QED) is 0.493. The molecule has 1 spiro atoms. The molecule has 27 heavy (non-hydrogen) atoms. The number of fused-ring (bicyclic) bond motifs is 4. The first kappa shape index (κ1) is 17.4. The number of anilines is 1. The first-order chi connectivity index (χ1) is 12.9. The van der Waals surface area contributed by atoms with Crippen LogP contribution in [0.3, 0.4) is 0 Å². The van der Waals surface area contributed by atoms with E-state index < -0.39 is 35.2 Å². The van der Waals surface area contributed by atoms with Gasteiger partial charge in [-0.1, -0.05) is 24.3 Å². The monoisotopic (exact) mass is 368 g/mol. The molecule has 3 aliphatic rings. The number of nitrogens with zero attached hydrogens (tertiary/aromatic N) is 1. The third-order valence-electron chi connectivity index (χ3n) is 5.73. The van der Waals surface area contributed by atoms with Gasteiger partial charge < -0.3 is 11.1 Å². The summed E-state index contributed by atoms with van der Waals surface area (Å²) in [6.45, 7) is 3.69. The Morgan fingerprint density at radius 2 is 2.00 bits per heavy atom. The predicted molar refractivity (Wildman–Crippen MR) is 96.0 cm³/mol. The summed E-state index contributed by atoms with van der Waals surface area (Å²) in [5.41, 5.74) is 5.21. The number of carbonyl (C=O) groups excluding carboxylic acids is 4. The molecule has 4 atom stereocenters. The van der Waals surface area contributed by atoms with Crippen molar-refractivity contribution in [2.24, 2.45) is 17.6 Å². The molecule has 1 aromatic rings. The second-order valence-electron chi connectivity index (χ2n) is 7.14. The topological polar surface area (TPSA) is 122 Å². The second-order valence-corrected chi connectivity index (χ2v) is 7.14. The molecular weight excluding hydrogens is 348 g/mol. The van der Waals surface area contributed by atoms with E-state index in [1.54, 1.807) is 24.3 Å². The summed E-state index contributed by atoms with van der Waals surface area (Å²) >= 11 is 0. The summed E-state index contributed by atoms with van der Waals surface area (Å²) in [7, 11) is 0. The van der Waals surface area contributed by atoms with E-state index in [2.05, 4.69) is 17.2 Å². The zero-order chi connectivity index (χ0) is 19.3. The van der Waals surface area contributed by atoms with Gasteiger partial charge in [0.15, 0.2) is 0 Å². The van der Waals surface area contributed by atoms with Crippen LogP contribution in [0, 0.1) is 11.8 Å². The largest absolute Gasteiger partial charge is 0.370 e. The van der Waals surface area contributed by atoms with Crippen LogP contribution < -0.4 is 16.4 Å². The van der Waals surface area contributed by atoms with Crippen LogP contribution in [0.25, 0.3) is 0 Å². The minimum absolute atomic E-state index is 0.0587. The van der Waals surface area contributed by atoms with E-state index >= 15 is 0 Å². The number of benzene rings is 1. The zero-order valence-electron chi connectivity index (χ0n) is 14.6. The third kappa shape index (κ3) is 2.26. The average molecular weight is 368 g/mol. The van der Waals surface area contributed by atoms with Gasteiger partial charge in [-0.25, -0.2) is 0 Å². The van der Waals surface area contributed by atoms with Crippen molar-refractivity contribution in [3.8, 4) is 0 Å². The first-order valence-corrected chi connectivity index (χ1v) is 8.85. The Kier molecular flexibility index (Phi) is 3.88. The summed E-state index contributed by atoms with van der Waals surface area (Å²) in [5, 5.41) is 6.05. The van der Waals surface area contributed by atoms with Gasteiger partial charge in [0.25, 0.3) is 0 Å². The number of likely N-dealkylation sites (tertiary alicyclic amines) is 1. The summed E-state index contributed by atoms with van der Waals surface area (Å²) < 4.78 is 0. The van der Waals surface area contributed by atoms with E-state index in [0.717, 1.165) is 4.90 Å². The Hall–Kier alpha value is -3.00.